The summed E-state index contributed by atoms with van der Waals surface area (Å²) >= 11 is 1.86. The van der Waals surface area contributed by atoms with Crippen LogP contribution in [0.5, 0.6) is 0 Å². The molecule has 0 unspecified atom stereocenters. The molecule has 22 aromatic rings. The first-order valence-electron chi connectivity index (χ1n) is 47.2. The van der Waals surface area contributed by atoms with Gasteiger partial charge in [0.15, 0.2) is 0 Å². The van der Waals surface area contributed by atoms with E-state index in [0.29, 0.717) is 36.3 Å². The quantitative estimate of drug-likeness (QED) is 0.152. The SMILES string of the molecule is CC.CC.CC(C)C.CC(C)N(c1ccccc1)c1ccccc1.CC(C)N1c2ccccc2Cc2ccccc21.CC(C)n1c2ccccc2c2c3ccccc3ccc21.CC(C)n1c2ccccc2c2cc3ccccc3cc21.CC(C)n1c2ccccc2c2ccc3ccccc3c21.CC(C)n1c2ccccc2c2ccccc21.c1ccc2c(c1)sc1ccccc12. The maximum Gasteiger partial charge on any atom is 0.0573 e. The van der Waals surface area contributed by atoms with E-state index in [1.165, 1.54) is 174 Å². The van der Waals surface area contributed by atoms with Gasteiger partial charge in [-0.05, 0) is 224 Å². The zero-order valence-electron chi connectivity index (χ0n) is 79.8. The lowest BCUT2D eigenvalue weighted by molar-refractivity contribution is 0.642. The smallest absolute Gasteiger partial charge is 0.0573 e. The molecule has 5 aromatic heterocycles. The highest BCUT2D eigenvalue weighted by molar-refractivity contribution is 7.25. The minimum absolute atomic E-state index is 0.447. The summed E-state index contributed by atoms with van der Waals surface area (Å²) in [6.07, 6.45) is 1.05. The van der Waals surface area contributed by atoms with Crippen molar-refractivity contribution in [1.82, 2.24) is 18.3 Å². The number of hydrogen-bond donors (Lipinski definition) is 0. The molecule has 0 spiro atoms. The van der Waals surface area contributed by atoms with Gasteiger partial charge in [0.2, 0.25) is 0 Å². The summed E-state index contributed by atoms with van der Waals surface area (Å²) in [7, 11) is 0. The monoisotopic (exact) mass is 1720 g/mol. The number of rotatable bonds is 8. The molecule has 6 heterocycles. The van der Waals surface area contributed by atoms with Crippen molar-refractivity contribution in [2.24, 2.45) is 5.92 Å². The lowest BCUT2D eigenvalue weighted by Gasteiger charge is -2.36. The summed E-state index contributed by atoms with van der Waals surface area (Å²) in [4.78, 5) is 4.77. The van der Waals surface area contributed by atoms with Crippen molar-refractivity contribution in [3.8, 4) is 0 Å². The van der Waals surface area contributed by atoms with Crippen molar-refractivity contribution in [2.45, 2.75) is 174 Å². The summed E-state index contributed by atoms with van der Waals surface area (Å²) in [5.74, 6) is 0.833. The first-order valence-corrected chi connectivity index (χ1v) is 48.1. The number of hydrogen-bond acceptors (Lipinski definition) is 3. The van der Waals surface area contributed by atoms with Crippen molar-refractivity contribution in [3.05, 3.63) is 399 Å². The van der Waals surface area contributed by atoms with Crippen LogP contribution in [0, 0.1) is 5.92 Å². The van der Waals surface area contributed by atoms with Crippen LogP contribution < -0.4 is 9.80 Å². The van der Waals surface area contributed by atoms with E-state index in [9.17, 15) is 0 Å². The van der Waals surface area contributed by atoms with Gasteiger partial charge in [0.05, 0.1) is 5.52 Å². The van der Waals surface area contributed by atoms with Gasteiger partial charge in [0.1, 0.15) is 0 Å². The standard InChI is InChI=1S/3C19H17N.C16H17N.C15H15N.C15H17N.C12H8S.C4H10.2C2H6/c1-13(2)20-18-10-6-5-9-16(18)17-11-14-7-3-4-8-15(14)12-19(17)20;1-13(2)20-18-10-6-5-9-16(18)17-12-11-14-7-3-4-8-15(14)19(17)20;1-13(2)20-17-10-6-5-9-16(17)19-15-8-4-3-7-14(15)11-12-18(19)20;1-12(2)17-15-9-5-3-7-13(15)11-14-8-4-6-10-16(14)17;1-11(2)16-14-9-5-3-7-12(14)13-8-4-6-10-15(13)16;1-13(2)16(14-9-5-3-6-10-14)15-11-7-4-8-12-15;1-3-7-11-9(5-1)10-6-2-4-8-12(10)13-11;1-4(2)3;2*1-2/h3*3-13H,1-2H3;3-10,12H,11H2,1-2H3;3-11H,1-2H3;3-13H,1-2H3;1-8H;4H,1-3H3;2*1-2H3. The van der Waals surface area contributed by atoms with Crippen molar-refractivity contribution in [2.75, 3.05) is 9.80 Å². The molecule has 17 aromatic carbocycles. The zero-order valence-corrected chi connectivity index (χ0v) is 80.6. The van der Waals surface area contributed by atoms with E-state index < -0.39 is 0 Å². The number of para-hydroxylation sites is 9. The maximum absolute atomic E-state index is 2.47. The van der Waals surface area contributed by atoms with Crippen molar-refractivity contribution in [1.29, 1.82) is 0 Å². The molecule has 0 saturated heterocycles. The van der Waals surface area contributed by atoms with Gasteiger partial charge in [0, 0.05) is 173 Å². The van der Waals surface area contributed by atoms with E-state index in [1.54, 1.807) is 0 Å². The van der Waals surface area contributed by atoms with Gasteiger partial charge in [-0.3, -0.25) is 0 Å². The Kier molecular flexibility index (Phi) is 30.7. The minimum atomic E-state index is 0.447. The van der Waals surface area contributed by atoms with Crippen LogP contribution in [0.25, 0.3) is 140 Å². The summed E-state index contributed by atoms with van der Waals surface area (Å²) in [6.45, 7) is 41.4. The summed E-state index contributed by atoms with van der Waals surface area (Å²) in [6, 6.07) is 141. The van der Waals surface area contributed by atoms with E-state index >= 15 is 0 Å². The molecular formula is C123H130N6S. The molecule has 7 heteroatoms. The summed E-state index contributed by atoms with van der Waals surface area (Å²) in [5, 5.41) is 21.5. The first-order chi connectivity index (χ1) is 63.3. The molecule has 0 amide bonds. The van der Waals surface area contributed by atoms with Gasteiger partial charge in [-0.2, -0.15) is 0 Å². The normalized spacial score (nSPS) is 11.5. The van der Waals surface area contributed by atoms with E-state index in [1.807, 2.05) is 51.2 Å². The Bertz CT molecular complexity index is 7240. The highest BCUT2D eigenvalue weighted by atomic mass is 32.1. The summed E-state index contributed by atoms with van der Waals surface area (Å²) in [5.41, 5.74) is 18.7. The number of aromatic nitrogens is 4. The fourth-order valence-electron chi connectivity index (χ4n) is 18.7. The fourth-order valence-corrected chi connectivity index (χ4v) is 19.8. The predicted octanol–water partition coefficient (Wildman–Crippen LogP) is 37.1. The molecule has 0 fully saturated rings. The Hall–Kier alpha value is -13.5. The molecule has 658 valence electrons. The lowest BCUT2D eigenvalue weighted by Crippen LogP contribution is -2.29. The highest BCUT2D eigenvalue weighted by Gasteiger charge is 2.25. The van der Waals surface area contributed by atoms with Gasteiger partial charge in [-0.1, -0.05) is 340 Å². The molecule has 23 rings (SSSR count). The minimum Gasteiger partial charge on any atom is -0.339 e. The summed E-state index contributed by atoms with van der Waals surface area (Å²) < 4.78 is 12.5. The van der Waals surface area contributed by atoms with Gasteiger partial charge in [0.25, 0.3) is 0 Å². The molecule has 130 heavy (non-hydrogen) atoms. The Labute approximate surface area is 775 Å². The van der Waals surface area contributed by atoms with Gasteiger partial charge in [-0.25, -0.2) is 0 Å². The van der Waals surface area contributed by atoms with E-state index in [2.05, 4.69) is 508 Å². The molecule has 1 aliphatic rings. The van der Waals surface area contributed by atoms with E-state index in [-0.39, 0.29) is 0 Å². The number of thiophene rings is 1. The Morgan fingerprint density at radius 1 is 0.231 bits per heavy atom. The molecule has 0 bridgehead atoms. The number of nitrogens with zero attached hydrogens (tertiary/aromatic N) is 6. The number of anilines is 4. The van der Waals surface area contributed by atoms with Crippen LogP contribution in [0.4, 0.5) is 22.7 Å². The van der Waals surface area contributed by atoms with Crippen molar-refractivity contribution < 1.29 is 0 Å². The van der Waals surface area contributed by atoms with E-state index in [0.717, 1.165) is 12.3 Å². The average Bonchev–Trinajstić information content (AvgIpc) is 1.59. The molecule has 1 aliphatic heterocycles. The lowest BCUT2D eigenvalue weighted by atomic mass is 9.94. The predicted molar refractivity (Wildman–Crippen MR) is 577 cm³/mol. The molecule has 0 N–H and O–H groups in total. The largest absolute Gasteiger partial charge is 0.339 e. The fraction of sp³-hybridized carbons (Fsp3) is 0.220. The van der Waals surface area contributed by atoms with Crippen LogP contribution in [0.2, 0.25) is 0 Å². The van der Waals surface area contributed by atoms with Crippen LogP contribution in [-0.2, 0) is 6.42 Å². The molecule has 0 saturated carbocycles. The van der Waals surface area contributed by atoms with Crippen molar-refractivity contribution >= 4 is 174 Å². The van der Waals surface area contributed by atoms with E-state index in [4.69, 9.17) is 0 Å². The highest BCUT2D eigenvalue weighted by Crippen LogP contribution is 2.43. The Morgan fingerprint density at radius 2 is 0.546 bits per heavy atom. The first kappa shape index (κ1) is 92.7. The van der Waals surface area contributed by atoms with Crippen LogP contribution in [-0.4, -0.2) is 30.4 Å². The van der Waals surface area contributed by atoms with Gasteiger partial charge in [-0.15, -0.1) is 11.3 Å². The van der Waals surface area contributed by atoms with Crippen LogP contribution in [0.15, 0.2) is 388 Å². The van der Waals surface area contributed by atoms with Crippen molar-refractivity contribution in [3.63, 3.8) is 0 Å². The molecule has 0 radical (unpaired) electrons. The third-order valence-electron chi connectivity index (χ3n) is 23.7. The Morgan fingerprint density at radius 3 is 0.992 bits per heavy atom. The number of fused-ring (bicyclic) bond motifs is 22. The van der Waals surface area contributed by atoms with Gasteiger partial charge < -0.3 is 28.1 Å². The molecular weight excluding hydrogens is 1590 g/mol. The zero-order chi connectivity index (χ0) is 91.6. The average molecular weight is 1720 g/mol. The topological polar surface area (TPSA) is 26.2 Å². The third kappa shape index (κ3) is 19.9. The van der Waals surface area contributed by atoms with Gasteiger partial charge >= 0.3 is 0 Å². The molecule has 0 aliphatic carbocycles. The second-order valence-electron chi connectivity index (χ2n) is 35.4. The van der Waals surface area contributed by atoms with Crippen LogP contribution in [0.3, 0.4) is 0 Å². The Balaban J connectivity index is 0.000000121. The van der Waals surface area contributed by atoms with Crippen LogP contribution in [0.1, 0.15) is 167 Å². The maximum atomic E-state index is 2.47. The molecule has 0 atom stereocenters. The second-order valence-corrected chi connectivity index (χ2v) is 36.5. The van der Waals surface area contributed by atoms with Crippen LogP contribution >= 0.6 is 11.3 Å². The second kappa shape index (κ2) is 43.1. The third-order valence-corrected chi connectivity index (χ3v) is 24.9. The number of benzene rings is 17. The molecule has 6 nitrogen and oxygen atoms in total.